The fourth-order valence-corrected chi connectivity index (χ4v) is 1.83. The second kappa shape index (κ2) is 6.40. The summed E-state index contributed by atoms with van der Waals surface area (Å²) in [5.41, 5.74) is 3.51. The van der Waals surface area contributed by atoms with E-state index in [1.165, 1.54) is 6.07 Å². The summed E-state index contributed by atoms with van der Waals surface area (Å²) in [4.78, 5) is 16.3. The van der Waals surface area contributed by atoms with Crippen LogP contribution in [0.3, 0.4) is 0 Å². The van der Waals surface area contributed by atoms with E-state index in [4.69, 9.17) is 5.84 Å². The minimum Gasteiger partial charge on any atom is -0.350 e. The molecule has 0 aromatic carbocycles. The van der Waals surface area contributed by atoms with Crippen molar-refractivity contribution in [3.8, 4) is 0 Å². The molecule has 4 N–H and O–H groups in total. The zero-order valence-corrected chi connectivity index (χ0v) is 13.5. The van der Waals surface area contributed by atoms with Crippen molar-refractivity contribution in [2.24, 2.45) is 5.84 Å². The van der Waals surface area contributed by atoms with Gasteiger partial charge >= 0.3 is 0 Å². The minimum absolute atomic E-state index is 0.0276. The number of nitrogen functional groups attached to an aromatic ring is 1. The van der Waals surface area contributed by atoms with Gasteiger partial charge in [0.05, 0.1) is 4.75 Å². The Morgan fingerprint density at radius 2 is 2.00 bits per heavy atom. The third kappa shape index (κ3) is 4.40. The first kappa shape index (κ1) is 17.4. The van der Waals surface area contributed by atoms with Gasteiger partial charge < -0.3 is 10.7 Å². The number of rotatable bonds is 6. The van der Waals surface area contributed by atoms with Crippen LogP contribution >= 0.6 is 0 Å². The van der Waals surface area contributed by atoms with Gasteiger partial charge in [-0.05, 0) is 32.4 Å². The van der Waals surface area contributed by atoms with Crippen LogP contribution in [0.4, 0.5) is 5.82 Å². The summed E-state index contributed by atoms with van der Waals surface area (Å²) in [6.07, 6.45) is 1.81. The first-order chi connectivity index (χ1) is 9.60. The van der Waals surface area contributed by atoms with Crippen molar-refractivity contribution >= 4 is 21.6 Å². The predicted octanol–water partition coefficient (Wildman–Crippen LogP) is 0.483. The van der Waals surface area contributed by atoms with Crippen molar-refractivity contribution in [1.82, 2.24) is 10.3 Å². The Morgan fingerprint density at radius 1 is 1.38 bits per heavy atom. The number of carbonyl (C=O) groups excluding carboxylic acids is 1. The van der Waals surface area contributed by atoms with Crippen LogP contribution in [0.1, 0.15) is 36.8 Å². The third-order valence-electron chi connectivity index (χ3n) is 3.33. The number of pyridine rings is 1. The number of hydrogen-bond donors (Lipinski definition) is 3. The monoisotopic (exact) mass is 314 g/mol. The summed E-state index contributed by atoms with van der Waals surface area (Å²) in [7, 11) is -3.27. The lowest BCUT2D eigenvalue weighted by molar-refractivity contribution is 0.0950. The molecule has 1 amide bonds. The van der Waals surface area contributed by atoms with Crippen molar-refractivity contribution in [2.75, 3.05) is 18.2 Å². The molecule has 0 fully saturated rings. The van der Waals surface area contributed by atoms with Crippen molar-refractivity contribution in [3.63, 3.8) is 0 Å². The SMILES string of the molecule is CCc1cc(C(=O)NCC(C)(C)S(C)(=O)=O)cc(NN)n1. The van der Waals surface area contributed by atoms with Gasteiger partial charge in [-0.15, -0.1) is 0 Å². The lowest BCUT2D eigenvalue weighted by Crippen LogP contribution is -2.43. The van der Waals surface area contributed by atoms with Gasteiger partial charge in [-0.2, -0.15) is 0 Å². The maximum Gasteiger partial charge on any atom is 0.251 e. The van der Waals surface area contributed by atoms with Crippen LogP contribution in [0.5, 0.6) is 0 Å². The molecule has 0 radical (unpaired) electrons. The highest BCUT2D eigenvalue weighted by molar-refractivity contribution is 7.92. The van der Waals surface area contributed by atoms with Crippen LogP contribution in [0, 0.1) is 0 Å². The van der Waals surface area contributed by atoms with Crippen LogP contribution < -0.4 is 16.6 Å². The van der Waals surface area contributed by atoms with E-state index in [1.54, 1.807) is 19.9 Å². The Kier molecular flexibility index (Phi) is 5.30. The lowest BCUT2D eigenvalue weighted by Gasteiger charge is -2.22. The quantitative estimate of drug-likeness (QED) is 0.520. The van der Waals surface area contributed by atoms with Crippen LogP contribution in [0.2, 0.25) is 0 Å². The maximum absolute atomic E-state index is 12.2. The predicted molar refractivity (Wildman–Crippen MR) is 82.7 cm³/mol. The molecule has 1 aromatic heterocycles. The molecule has 0 saturated carbocycles. The smallest absolute Gasteiger partial charge is 0.251 e. The molecule has 0 aliphatic carbocycles. The Balaban J connectivity index is 2.90. The molecule has 0 unspecified atom stereocenters. The molecule has 0 aliphatic rings. The van der Waals surface area contributed by atoms with Crippen LogP contribution in [0.15, 0.2) is 12.1 Å². The van der Waals surface area contributed by atoms with Crippen molar-refractivity contribution in [1.29, 1.82) is 0 Å². The van der Waals surface area contributed by atoms with E-state index in [0.717, 1.165) is 11.9 Å². The highest BCUT2D eigenvalue weighted by Gasteiger charge is 2.30. The number of hydrazine groups is 1. The number of hydrogen-bond acceptors (Lipinski definition) is 6. The first-order valence-electron chi connectivity index (χ1n) is 6.56. The molecule has 1 heterocycles. The number of nitrogens with zero attached hydrogens (tertiary/aromatic N) is 1. The van der Waals surface area contributed by atoms with Crippen LogP contribution in [0.25, 0.3) is 0 Å². The van der Waals surface area contributed by atoms with Gasteiger partial charge in [0.2, 0.25) is 0 Å². The number of amides is 1. The van der Waals surface area contributed by atoms with Crippen molar-refractivity contribution in [2.45, 2.75) is 31.9 Å². The largest absolute Gasteiger partial charge is 0.350 e. The zero-order chi connectivity index (χ0) is 16.3. The van der Waals surface area contributed by atoms with E-state index in [9.17, 15) is 13.2 Å². The molecular weight excluding hydrogens is 292 g/mol. The van der Waals surface area contributed by atoms with E-state index < -0.39 is 14.6 Å². The fraction of sp³-hybridized carbons (Fsp3) is 0.538. The summed E-state index contributed by atoms with van der Waals surface area (Å²) in [6.45, 7) is 5.08. The summed E-state index contributed by atoms with van der Waals surface area (Å²) in [6, 6.07) is 3.17. The van der Waals surface area contributed by atoms with Gasteiger partial charge in [-0.1, -0.05) is 6.92 Å². The molecule has 0 bridgehead atoms. The van der Waals surface area contributed by atoms with Crippen molar-refractivity contribution < 1.29 is 13.2 Å². The molecule has 21 heavy (non-hydrogen) atoms. The summed E-state index contributed by atoms with van der Waals surface area (Å²) < 4.78 is 22.2. The highest BCUT2D eigenvalue weighted by Crippen LogP contribution is 2.15. The highest BCUT2D eigenvalue weighted by atomic mass is 32.2. The van der Waals surface area contributed by atoms with Gasteiger partial charge in [0.25, 0.3) is 5.91 Å². The number of sulfone groups is 1. The molecule has 1 aromatic rings. The summed E-state index contributed by atoms with van der Waals surface area (Å²) in [5, 5.41) is 2.63. The molecule has 0 atom stereocenters. The Hall–Kier alpha value is -1.67. The Bertz CT molecular complexity index is 604. The van der Waals surface area contributed by atoms with Crippen molar-refractivity contribution in [3.05, 3.63) is 23.4 Å². The van der Waals surface area contributed by atoms with Crippen LogP contribution in [-0.4, -0.2) is 36.9 Å². The average molecular weight is 314 g/mol. The van der Waals surface area contributed by atoms with E-state index in [-0.39, 0.29) is 12.5 Å². The summed E-state index contributed by atoms with van der Waals surface area (Å²) >= 11 is 0. The molecule has 118 valence electrons. The molecule has 0 aliphatic heterocycles. The lowest BCUT2D eigenvalue weighted by atomic mass is 10.1. The normalized spacial score (nSPS) is 12.0. The van der Waals surface area contributed by atoms with Gasteiger partial charge in [-0.25, -0.2) is 19.2 Å². The van der Waals surface area contributed by atoms with Gasteiger partial charge in [0, 0.05) is 24.1 Å². The topological polar surface area (TPSA) is 114 Å². The number of nitrogens with one attached hydrogen (secondary N) is 2. The number of aromatic nitrogens is 1. The second-order valence-corrected chi connectivity index (χ2v) is 8.09. The molecule has 7 nitrogen and oxygen atoms in total. The van der Waals surface area contributed by atoms with E-state index in [0.29, 0.717) is 17.8 Å². The third-order valence-corrected chi connectivity index (χ3v) is 5.48. The standard InChI is InChI=1S/C13H22N4O3S/c1-5-10-6-9(7-11(16-10)17-14)12(18)15-8-13(2,3)21(4,19)20/h6-7H,5,8,14H2,1-4H3,(H,15,18)(H,16,17). The number of aryl methyl sites for hydroxylation is 1. The Morgan fingerprint density at radius 3 is 2.48 bits per heavy atom. The molecular formula is C13H22N4O3S. The zero-order valence-electron chi connectivity index (χ0n) is 12.7. The van der Waals surface area contributed by atoms with E-state index >= 15 is 0 Å². The van der Waals surface area contributed by atoms with E-state index in [1.807, 2.05) is 6.92 Å². The van der Waals surface area contributed by atoms with Crippen LogP contribution in [-0.2, 0) is 16.3 Å². The fourth-order valence-electron chi connectivity index (χ4n) is 1.50. The average Bonchev–Trinajstić information content (AvgIpc) is 2.42. The Labute approximate surface area is 125 Å². The number of anilines is 1. The summed E-state index contributed by atoms with van der Waals surface area (Å²) in [5.74, 6) is 5.35. The molecule has 0 saturated heterocycles. The van der Waals surface area contributed by atoms with E-state index in [2.05, 4.69) is 15.7 Å². The number of carbonyl (C=O) groups is 1. The van der Waals surface area contributed by atoms with Gasteiger partial charge in [0.1, 0.15) is 5.82 Å². The maximum atomic E-state index is 12.2. The van der Waals surface area contributed by atoms with Gasteiger partial charge in [-0.3, -0.25) is 4.79 Å². The first-order valence-corrected chi connectivity index (χ1v) is 8.45. The molecule has 0 spiro atoms. The molecule has 1 rings (SSSR count). The number of nitrogens with two attached hydrogens (primary N) is 1. The minimum atomic E-state index is -3.27. The molecule has 8 heteroatoms. The van der Waals surface area contributed by atoms with Gasteiger partial charge in [0.15, 0.2) is 9.84 Å². The second-order valence-electron chi connectivity index (χ2n) is 5.44.